The van der Waals surface area contributed by atoms with E-state index in [2.05, 4.69) is 5.32 Å². The van der Waals surface area contributed by atoms with Gasteiger partial charge in [-0.25, -0.2) is 0 Å². The number of nitrogens with zero attached hydrogens (tertiary/aromatic N) is 2. The number of carbonyl (C=O) groups excluding carboxylic acids is 2. The standard InChI is InChI=1S/C21H20F3N3O5S/c22-21(23,24)20(8-9-20)18(29)27-11-14(10-16(27)17(28)26-19(13-25)6-7-19)12-32-33(30,31)15-4-2-1-3-5-15/h1-5,12,16H,6-11H2,(H,26,28)/b14-12+/t16-/m0/s1. The highest BCUT2D eigenvalue weighted by Gasteiger charge is 2.70. The summed E-state index contributed by atoms with van der Waals surface area (Å²) in [7, 11) is -4.19. The Bertz CT molecular complexity index is 1150. The third-order valence-electron chi connectivity index (χ3n) is 6.17. The van der Waals surface area contributed by atoms with Crippen LogP contribution in [-0.4, -0.2) is 49.4 Å². The molecule has 176 valence electrons. The third kappa shape index (κ3) is 4.29. The van der Waals surface area contributed by atoms with Crippen LogP contribution in [0.3, 0.4) is 0 Å². The number of nitriles is 1. The predicted molar refractivity (Wildman–Crippen MR) is 106 cm³/mol. The van der Waals surface area contributed by atoms with Crippen molar-refractivity contribution in [3.05, 3.63) is 42.2 Å². The molecule has 1 saturated heterocycles. The number of benzene rings is 1. The lowest BCUT2D eigenvalue weighted by molar-refractivity contribution is -0.199. The maximum atomic E-state index is 13.5. The minimum Gasteiger partial charge on any atom is -0.387 e. The Hall–Kier alpha value is -3.07. The Morgan fingerprint density at radius 2 is 1.82 bits per heavy atom. The molecule has 0 radical (unpaired) electrons. The van der Waals surface area contributed by atoms with Crippen molar-refractivity contribution in [1.82, 2.24) is 10.2 Å². The molecule has 1 aliphatic heterocycles. The van der Waals surface area contributed by atoms with Gasteiger partial charge in [0.1, 0.15) is 28.2 Å². The highest BCUT2D eigenvalue weighted by atomic mass is 32.2. The van der Waals surface area contributed by atoms with Crippen molar-refractivity contribution in [2.75, 3.05) is 6.54 Å². The molecular weight excluding hydrogens is 463 g/mol. The quantitative estimate of drug-likeness (QED) is 0.491. The van der Waals surface area contributed by atoms with E-state index in [1.54, 1.807) is 6.07 Å². The van der Waals surface area contributed by atoms with E-state index < -0.39 is 51.6 Å². The second-order valence-corrected chi connectivity index (χ2v) is 10.1. The fourth-order valence-corrected chi connectivity index (χ4v) is 4.65. The fourth-order valence-electron chi connectivity index (χ4n) is 3.79. The van der Waals surface area contributed by atoms with Crippen molar-refractivity contribution in [2.24, 2.45) is 5.41 Å². The lowest BCUT2D eigenvalue weighted by atomic mass is 10.0. The summed E-state index contributed by atoms with van der Waals surface area (Å²) in [6.07, 6.45) is -4.06. The van der Waals surface area contributed by atoms with Gasteiger partial charge >= 0.3 is 16.3 Å². The lowest BCUT2D eigenvalue weighted by Crippen LogP contribution is -2.53. The van der Waals surface area contributed by atoms with E-state index in [9.17, 15) is 36.4 Å². The smallest absolute Gasteiger partial charge is 0.387 e. The molecule has 0 spiro atoms. The average Bonchev–Trinajstić information content (AvgIpc) is 3.69. The number of nitrogens with one attached hydrogen (secondary N) is 1. The first-order chi connectivity index (χ1) is 15.4. The second-order valence-electron chi connectivity index (χ2n) is 8.56. The van der Waals surface area contributed by atoms with Gasteiger partial charge in [-0.2, -0.15) is 26.9 Å². The fraction of sp³-hybridized carbons (Fsp3) is 0.476. The molecule has 12 heteroatoms. The van der Waals surface area contributed by atoms with Crippen LogP contribution in [0.5, 0.6) is 0 Å². The first-order valence-corrected chi connectivity index (χ1v) is 11.6. The minimum absolute atomic E-state index is 0.124. The maximum Gasteiger partial charge on any atom is 0.403 e. The maximum absolute atomic E-state index is 13.5. The molecule has 2 aliphatic carbocycles. The SMILES string of the molecule is N#CC1(NC(=O)[C@@H]2C/C(=C\OS(=O)(=O)c3ccccc3)CN2C(=O)C2(C(F)(F)F)CC2)CC1. The first-order valence-electron chi connectivity index (χ1n) is 10.2. The minimum atomic E-state index is -4.77. The highest BCUT2D eigenvalue weighted by molar-refractivity contribution is 7.86. The number of rotatable bonds is 6. The Balaban J connectivity index is 1.57. The van der Waals surface area contributed by atoms with Crippen molar-refractivity contribution in [1.29, 1.82) is 5.26 Å². The normalized spacial score (nSPS) is 24.1. The van der Waals surface area contributed by atoms with Gasteiger partial charge < -0.3 is 14.4 Å². The van der Waals surface area contributed by atoms with Gasteiger partial charge in [-0.3, -0.25) is 9.59 Å². The summed E-state index contributed by atoms with van der Waals surface area (Å²) in [5.41, 5.74) is -3.44. The van der Waals surface area contributed by atoms with Gasteiger partial charge in [0.05, 0.1) is 6.07 Å². The van der Waals surface area contributed by atoms with Crippen LogP contribution in [0.25, 0.3) is 0 Å². The largest absolute Gasteiger partial charge is 0.403 e. The van der Waals surface area contributed by atoms with E-state index in [1.807, 2.05) is 6.07 Å². The summed E-state index contributed by atoms with van der Waals surface area (Å²) in [5.74, 6) is -1.99. The van der Waals surface area contributed by atoms with Gasteiger partial charge in [0, 0.05) is 13.0 Å². The van der Waals surface area contributed by atoms with Gasteiger partial charge in [-0.15, -0.1) is 0 Å². The zero-order valence-electron chi connectivity index (χ0n) is 17.3. The summed E-state index contributed by atoms with van der Waals surface area (Å²) >= 11 is 0. The van der Waals surface area contributed by atoms with E-state index in [1.165, 1.54) is 24.3 Å². The molecule has 8 nitrogen and oxygen atoms in total. The third-order valence-corrected chi connectivity index (χ3v) is 7.37. The number of carbonyl (C=O) groups is 2. The van der Waals surface area contributed by atoms with Crippen LogP contribution >= 0.6 is 0 Å². The van der Waals surface area contributed by atoms with Crippen LogP contribution in [-0.2, 0) is 23.9 Å². The van der Waals surface area contributed by atoms with Crippen molar-refractivity contribution >= 4 is 21.9 Å². The van der Waals surface area contributed by atoms with E-state index >= 15 is 0 Å². The Labute approximate surface area is 188 Å². The molecule has 0 aromatic heterocycles. The molecule has 4 rings (SSSR count). The van der Waals surface area contributed by atoms with Crippen molar-refractivity contribution in [3.63, 3.8) is 0 Å². The van der Waals surface area contributed by atoms with Gasteiger partial charge in [-0.1, -0.05) is 18.2 Å². The van der Waals surface area contributed by atoms with Crippen LogP contribution < -0.4 is 5.32 Å². The lowest BCUT2D eigenvalue weighted by Gasteiger charge is -2.29. The van der Waals surface area contributed by atoms with Gasteiger partial charge in [0.25, 0.3) is 0 Å². The number of halogens is 3. The number of hydrogen-bond donors (Lipinski definition) is 1. The number of likely N-dealkylation sites (tertiary alicyclic amines) is 1. The number of alkyl halides is 3. The van der Waals surface area contributed by atoms with Crippen molar-refractivity contribution < 1.29 is 35.4 Å². The zero-order chi connectivity index (χ0) is 24.1. The monoisotopic (exact) mass is 483 g/mol. The molecule has 3 aliphatic rings. The highest BCUT2D eigenvalue weighted by Crippen LogP contribution is 2.59. The van der Waals surface area contributed by atoms with E-state index in [0.29, 0.717) is 12.8 Å². The van der Waals surface area contributed by atoms with E-state index in [4.69, 9.17) is 4.18 Å². The molecule has 0 bridgehead atoms. The molecule has 1 heterocycles. The number of amides is 2. The van der Waals surface area contributed by atoms with Gasteiger partial charge in [0.2, 0.25) is 11.8 Å². The Morgan fingerprint density at radius 1 is 1.18 bits per heavy atom. The predicted octanol–water partition coefficient (Wildman–Crippen LogP) is 2.39. The summed E-state index contributed by atoms with van der Waals surface area (Å²) < 4.78 is 70.2. The molecule has 1 N–H and O–H groups in total. The molecule has 2 amide bonds. The van der Waals surface area contributed by atoms with Crippen LogP contribution in [0, 0.1) is 16.7 Å². The van der Waals surface area contributed by atoms with Crippen LogP contribution in [0.4, 0.5) is 13.2 Å². The molecule has 0 unspecified atom stereocenters. The number of hydrogen-bond acceptors (Lipinski definition) is 6. The summed E-state index contributed by atoms with van der Waals surface area (Å²) in [5, 5.41) is 11.7. The summed E-state index contributed by atoms with van der Waals surface area (Å²) in [6, 6.07) is 7.88. The summed E-state index contributed by atoms with van der Waals surface area (Å²) in [4.78, 5) is 26.4. The van der Waals surface area contributed by atoms with Crippen molar-refractivity contribution in [3.8, 4) is 6.07 Å². The second kappa shape index (κ2) is 7.76. The van der Waals surface area contributed by atoms with E-state index in [0.717, 1.165) is 11.2 Å². The molecular formula is C21H20F3N3O5S. The van der Waals surface area contributed by atoms with Crippen LogP contribution in [0.15, 0.2) is 47.1 Å². The van der Waals surface area contributed by atoms with E-state index in [-0.39, 0.29) is 29.7 Å². The molecule has 1 atom stereocenters. The van der Waals surface area contributed by atoms with Crippen molar-refractivity contribution in [2.45, 2.75) is 54.8 Å². The Morgan fingerprint density at radius 3 is 2.33 bits per heavy atom. The van der Waals surface area contributed by atoms with Gasteiger partial charge in [-0.05, 0) is 43.4 Å². The molecule has 1 aromatic carbocycles. The van der Waals surface area contributed by atoms with Crippen LogP contribution in [0.2, 0.25) is 0 Å². The zero-order valence-corrected chi connectivity index (χ0v) is 18.1. The Kier molecular flexibility index (Phi) is 5.43. The molecule has 1 aromatic rings. The molecule has 33 heavy (non-hydrogen) atoms. The molecule has 3 fully saturated rings. The average molecular weight is 483 g/mol. The van der Waals surface area contributed by atoms with Crippen LogP contribution in [0.1, 0.15) is 32.1 Å². The summed E-state index contributed by atoms with van der Waals surface area (Å²) in [6.45, 7) is -0.390. The first kappa shape index (κ1) is 23.1. The van der Waals surface area contributed by atoms with Gasteiger partial charge in [0.15, 0.2) is 0 Å². The molecule has 2 saturated carbocycles. The topological polar surface area (TPSA) is 117 Å².